The summed E-state index contributed by atoms with van der Waals surface area (Å²) < 4.78 is 0. The Morgan fingerprint density at radius 2 is 1.87 bits per heavy atom. The predicted octanol–water partition coefficient (Wildman–Crippen LogP) is 3.52. The van der Waals surface area contributed by atoms with Gasteiger partial charge in [0.05, 0.1) is 10.6 Å². The van der Waals surface area contributed by atoms with E-state index in [1.165, 1.54) is 0 Å². The molecular weight excluding hydrogens is 233 g/mol. The Morgan fingerprint density at radius 3 is 2.40 bits per heavy atom. The molecule has 0 saturated heterocycles. The number of halogens is 2. The molecule has 0 unspecified atom stereocenters. The van der Waals surface area contributed by atoms with Crippen LogP contribution in [0.3, 0.4) is 0 Å². The van der Waals surface area contributed by atoms with Gasteiger partial charge in [0.15, 0.2) is 0 Å². The third-order valence-corrected chi connectivity index (χ3v) is 2.23. The van der Waals surface area contributed by atoms with E-state index in [2.05, 4.69) is 5.32 Å². The van der Waals surface area contributed by atoms with E-state index in [0.717, 1.165) is 0 Å². The van der Waals surface area contributed by atoms with Gasteiger partial charge in [0.1, 0.15) is 0 Å². The first-order valence-electron chi connectivity index (χ1n) is 4.57. The van der Waals surface area contributed by atoms with Crippen molar-refractivity contribution in [3.63, 3.8) is 0 Å². The number of carbonyl (C=O) groups is 1. The highest BCUT2D eigenvalue weighted by Crippen LogP contribution is 2.21. The van der Waals surface area contributed by atoms with Gasteiger partial charge in [0.25, 0.3) is 5.91 Å². The van der Waals surface area contributed by atoms with Crippen molar-refractivity contribution in [2.75, 3.05) is 0 Å². The Morgan fingerprint density at radius 1 is 1.27 bits per heavy atom. The Hall–Kier alpha value is -0.730. The fraction of sp³-hybridized carbons (Fsp3) is 0.364. The first-order valence-corrected chi connectivity index (χ1v) is 5.33. The molecule has 0 bridgehead atoms. The average molecular weight is 246 g/mol. The summed E-state index contributed by atoms with van der Waals surface area (Å²) in [4.78, 5) is 11.8. The second kappa shape index (κ2) is 4.42. The lowest BCUT2D eigenvalue weighted by Gasteiger charge is -2.20. The molecule has 0 aromatic heterocycles. The maximum absolute atomic E-state index is 11.8. The van der Waals surface area contributed by atoms with Gasteiger partial charge < -0.3 is 5.32 Å². The van der Waals surface area contributed by atoms with Crippen molar-refractivity contribution >= 4 is 29.1 Å². The van der Waals surface area contributed by atoms with Gasteiger partial charge in [-0.25, -0.2) is 0 Å². The van der Waals surface area contributed by atoms with Gasteiger partial charge in [0, 0.05) is 10.6 Å². The molecule has 0 aliphatic carbocycles. The highest BCUT2D eigenvalue weighted by Gasteiger charge is 2.17. The van der Waals surface area contributed by atoms with Crippen molar-refractivity contribution in [2.24, 2.45) is 0 Å². The molecule has 1 aromatic rings. The van der Waals surface area contributed by atoms with Crippen LogP contribution >= 0.6 is 23.2 Å². The normalized spacial score (nSPS) is 11.3. The van der Waals surface area contributed by atoms with Crippen LogP contribution in [-0.2, 0) is 0 Å². The number of hydrogen-bond donors (Lipinski definition) is 1. The van der Waals surface area contributed by atoms with Crippen LogP contribution in [0.1, 0.15) is 31.1 Å². The van der Waals surface area contributed by atoms with Gasteiger partial charge in [0.2, 0.25) is 0 Å². The fourth-order valence-electron chi connectivity index (χ4n) is 1.08. The molecule has 0 saturated carbocycles. The highest BCUT2D eigenvalue weighted by atomic mass is 35.5. The summed E-state index contributed by atoms with van der Waals surface area (Å²) in [6.45, 7) is 5.72. The van der Waals surface area contributed by atoms with E-state index >= 15 is 0 Å². The lowest BCUT2D eigenvalue weighted by Crippen LogP contribution is -2.40. The smallest absolute Gasteiger partial charge is 0.253 e. The van der Waals surface area contributed by atoms with Crippen molar-refractivity contribution < 1.29 is 4.79 Å². The first kappa shape index (κ1) is 12.3. The summed E-state index contributed by atoms with van der Waals surface area (Å²) in [6.07, 6.45) is 0. The summed E-state index contributed by atoms with van der Waals surface area (Å²) in [5.74, 6) is -0.213. The summed E-state index contributed by atoms with van der Waals surface area (Å²) in [7, 11) is 0. The molecule has 0 aliphatic heterocycles. The third kappa shape index (κ3) is 3.73. The standard InChI is InChI=1S/C11H13Cl2NO/c1-11(2,3)14-10(15)8-6-7(12)4-5-9(8)13/h4-6H,1-3H3,(H,14,15). The van der Waals surface area contributed by atoms with E-state index in [9.17, 15) is 4.79 Å². The molecule has 4 heteroatoms. The SMILES string of the molecule is CC(C)(C)NC(=O)c1cc(Cl)ccc1Cl. The van der Waals surface area contributed by atoms with Crippen LogP contribution in [0.15, 0.2) is 18.2 Å². The number of amides is 1. The van der Waals surface area contributed by atoms with Crippen LogP contribution in [0.25, 0.3) is 0 Å². The first-order chi connectivity index (χ1) is 6.79. The zero-order valence-corrected chi connectivity index (χ0v) is 10.4. The lowest BCUT2D eigenvalue weighted by atomic mass is 10.1. The molecular formula is C11H13Cl2NO. The summed E-state index contributed by atoms with van der Waals surface area (Å²) in [6, 6.07) is 4.82. The number of benzene rings is 1. The maximum atomic E-state index is 11.8. The van der Waals surface area contributed by atoms with E-state index in [-0.39, 0.29) is 11.4 Å². The minimum Gasteiger partial charge on any atom is -0.347 e. The van der Waals surface area contributed by atoms with Crippen molar-refractivity contribution in [1.82, 2.24) is 5.32 Å². The van der Waals surface area contributed by atoms with Crippen molar-refractivity contribution in [3.8, 4) is 0 Å². The predicted molar refractivity (Wildman–Crippen MR) is 63.7 cm³/mol. The molecule has 82 valence electrons. The molecule has 0 aliphatic rings. The topological polar surface area (TPSA) is 29.1 Å². The monoisotopic (exact) mass is 245 g/mol. The molecule has 0 radical (unpaired) electrons. The molecule has 15 heavy (non-hydrogen) atoms. The minimum absolute atomic E-state index is 0.213. The van der Waals surface area contributed by atoms with Crippen molar-refractivity contribution in [2.45, 2.75) is 26.3 Å². The molecule has 0 fully saturated rings. The number of carbonyl (C=O) groups excluding carboxylic acids is 1. The van der Waals surface area contributed by atoms with Gasteiger partial charge in [-0.3, -0.25) is 4.79 Å². The van der Waals surface area contributed by atoms with E-state index in [1.807, 2.05) is 20.8 Å². The molecule has 1 aromatic carbocycles. The van der Waals surface area contributed by atoms with Crippen LogP contribution in [-0.4, -0.2) is 11.4 Å². The molecule has 0 atom stereocenters. The van der Waals surface area contributed by atoms with Crippen molar-refractivity contribution in [1.29, 1.82) is 0 Å². The second-order valence-corrected chi connectivity index (χ2v) is 5.17. The quantitative estimate of drug-likeness (QED) is 0.806. The Bertz CT molecular complexity index is 383. The van der Waals surface area contributed by atoms with Gasteiger partial charge >= 0.3 is 0 Å². The zero-order valence-electron chi connectivity index (χ0n) is 8.90. The van der Waals surface area contributed by atoms with Gasteiger partial charge in [-0.05, 0) is 39.0 Å². The van der Waals surface area contributed by atoms with Crippen LogP contribution < -0.4 is 5.32 Å². The van der Waals surface area contributed by atoms with E-state index in [4.69, 9.17) is 23.2 Å². The second-order valence-electron chi connectivity index (χ2n) is 4.33. The van der Waals surface area contributed by atoms with Crippen molar-refractivity contribution in [3.05, 3.63) is 33.8 Å². The zero-order chi connectivity index (χ0) is 11.6. The van der Waals surface area contributed by atoms with Crippen LogP contribution in [0, 0.1) is 0 Å². The number of hydrogen-bond acceptors (Lipinski definition) is 1. The Kier molecular flexibility index (Phi) is 3.63. The average Bonchev–Trinajstić information content (AvgIpc) is 2.06. The lowest BCUT2D eigenvalue weighted by molar-refractivity contribution is 0.0919. The maximum Gasteiger partial charge on any atom is 0.253 e. The van der Waals surface area contributed by atoms with E-state index in [1.54, 1.807) is 18.2 Å². The molecule has 1 amide bonds. The molecule has 0 spiro atoms. The number of rotatable bonds is 1. The van der Waals surface area contributed by atoms with Gasteiger partial charge in [-0.1, -0.05) is 23.2 Å². The highest BCUT2D eigenvalue weighted by molar-refractivity contribution is 6.35. The van der Waals surface area contributed by atoms with Crippen LogP contribution in [0.5, 0.6) is 0 Å². The molecule has 1 N–H and O–H groups in total. The largest absolute Gasteiger partial charge is 0.347 e. The Balaban J connectivity index is 2.96. The van der Waals surface area contributed by atoms with E-state index in [0.29, 0.717) is 15.6 Å². The summed E-state index contributed by atoms with van der Waals surface area (Å²) in [5.41, 5.74) is 0.113. The van der Waals surface area contributed by atoms with Crippen LogP contribution in [0.2, 0.25) is 10.0 Å². The minimum atomic E-state index is -0.289. The number of nitrogens with one attached hydrogen (secondary N) is 1. The van der Waals surface area contributed by atoms with Crippen LogP contribution in [0.4, 0.5) is 0 Å². The van der Waals surface area contributed by atoms with Gasteiger partial charge in [-0.2, -0.15) is 0 Å². The summed E-state index contributed by atoms with van der Waals surface area (Å²) in [5, 5.41) is 3.72. The molecule has 0 heterocycles. The fourth-order valence-corrected chi connectivity index (χ4v) is 1.45. The van der Waals surface area contributed by atoms with Gasteiger partial charge in [-0.15, -0.1) is 0 Å². The molecule has 2 nitrogen and oxygen atoms in total. The Labute approximate surface area is 99.6 Å². The third-order valence-electron chi connectivity index (χ3n) is 1.66. The summed E-state index contributed by atoms with van der Waals surface area (Å²) >= 11 is 11.7. The van der Waals surface area contributed by atoms with E-state index < -0.39 is 0 Å². The molecule has 1 rings (SSSR count).